The summed E-state index contributed by atoms with van der Waals surface area (Å²) in [6.07, 6.45) is 2.58. The molecule has 1 saturated carbocycles. The fourth-order valence-corrected chi connectivity index (χ4v) is 3.58. The number of rotatable bonds is 4. The topological polar surface area (TPSA) is 24.9 Å². The summed E-state index contributed by atoms with van der Waals surface area (Å²) in [5.74, 6) is 0. The van der Waals surface area contributed by atoms with Gasteiger partial charge in [-0.1, -0.05) is 45.0 Å². The minimum absolute atomic E-state index is 0.116. The van der Waals surface area contributed by atoms with E-state index in [2.05, 4.69) is 62.7 Å². The zero-order valence-corrected chi connectivity index (χ0v) is 14.1. The van der Waals surface area contributed by atoms with Gasteiger partial charge in [0.15, 0.2) is 0 Å². The average molecular weight is 300 g/mol. The quantitative estimate of drug-likeness (QED) is 0.893. The Hall–Kier alpha value is -1.19. The van der Waals surface area contributed by atoms with Gasteiger partial charge in [-0.05, 0) is 30.9 Å². The fourth-order valence-electron chi connectivity index (χ4n) is 2.46. The van der Waals surface area contributed by atoms with E-state index in [0.29, 0.717) is 6.04 Å². The van der Waals surface area contributed by atoms with Crippen molar-refractivity contribution in [2.45, 2.75) is 58.0 Å². The van der Waals surface area contributed by atoms with Gasteiger partial charge >= 0.3 is 0 Å². The number of nitrogens with zero attached hydrogens (tertiary/aromatic N) is 1. The summed E-state index contributed by atoms with van der Waals surface area (Å²) in [4.78, 5) is 4.94. The van der Waals surface area contributed by atoms with E-state index in [1.54, 1.807) is 11.3 Å². The smallest absolute Gasteiger partial charge is 0.114 e. The zero-order chi connectivity index (χ0) is 15.0. The Balaban J connectivity index is 1.96. The van der Waals surface area contributed by atoms with Crippen molar-refractivity contribution < 1.29 is 0 Å². The third-order valence-corrected chi connectivity index (χ3v) is 4.93. The summed E-state index contributed by atoms with van der Waals surface area (Å²) >= 11 is 1.78. The van der Waals surface area contributed by atoms with Gasteiger partial charge in [-0.2, -0.15) is 0 Å². The minimum Gasteiger partial charge on any atom is -0.301 e. The van der Waals surface area contributed by atoms with E-state index in [9.17, 15) is 0 Å². The Morgan fingerprint density at radius 3 is 2.52 bits per heavy atom. The molecule has 0 amide bonds. The first-order chi connectivity index (χ1) is 9.95. The molecular weight excluding hydrogens is 276 g/mol. The summed E-state index contributed by atoms with van der Waals surface area (Å²) in [6.45, 7) is 8.87. The standard InChI is InChI=1S/C18H24N2S/c1-12-7-5-6-8-14(12)16(19-13-9-10-13)17-20-15(11-21-17)18(2,3)4/h5-8,11,13,16,19H,9-10H2,1-4H3. The number of thiazole rings is 1. The molecule has 1 aromatic heterocycles. The van der Waals surface area contributed by atoms with Crippen LogP contribution in [0.15, 0.2) is 29.6 Å². The Kier molecular flexibility index (Phi) is 3.89. The van der Waals surface area contributed by atoms with E-state index in [1.807, 2.05) is 0 Å². The first-order valence-electron chi connectivity index (χ1n) is 7.72. The van der Waals surface area contributed by atoms with Gasteiger partial charge in [-0.15, -0.1) is 11.3 Å². The molecule has 0 radical (unpaired) electrons. The number of hydrogen-bond donors (Lipinski definition) is 1. The predicted octanol–water partition coefficient (Wildman–Crippen LogP) is 4.59. The molecule has 0 spiro atoms. The van der Waals surface area contributed by atoms with Crippen LogP contribution in [0.2, 0.25) is 0 Å². The summed E-state index contributed by atoms with van der Waals surface area (Å²) in [6, 6.07) is 9.55. The van der Waals surface area contributed by atoms with Gasteiger partial charge in [0.05, 0.1) is 11.7 Å². The maximum Gasteiger partial charge on any atom is 0.114 e. The third kappa shape index (κ3) is 3.35. The van der Waals surface area contributed by atoms with Crippen molar-refractivity contribution in [1.82, 2.24) is 10.3 Å². The highest BCUT2D eigenvalue weighted by Gasteiger charge is 2.29. The normalized spacial score (nSPS) is 17.0. The number of nitrogens with one attached hydrogen (secondary N) is 1. The van der Waals surface area contributed by atoms with Crippen LogP contribution in [0.5, 0.6) is 0 Å². The molecule has 0 bridgehead atoms. The molecule has 1 aliphatic rings. The summed E-state index contributed by atoms with van der Waals surface area (Å²) in [5.41, 5.74) is 4.01. The predicted molar refractivity (Wildman–Crippen MR) is 90.0 cm³/mol. The van der Waals surface area contributed by atoms with Crippen LogP contribution in [-0.4, -0.2) is 11.0 Å². The highest BCUT2D eigenvalue weighted by molar-refractivity contribution is 7.09. The van der Waals surface area contributed by atoms with Crippen molar-refractivity contribution in [2.75, 3.05) is 0 Å². The molecule has 1 aromatic carbocycles. The van der Waals surface area contributed by atoms with Gasteiger partial charge in [-0.25, -0.2) is 4.98 Å². The molecule has 3 heteroatoms. The van der Waals surface area contributed by atoms with Crippen molar-refractivity contribution in [2.24, 2.45) is 0 Å². The van der Waals surface area contributed by atoms with Crippen molar-refractivity contribution in [3.8, 4) is 0 Å². The van der Waals surface area contributed by atoms with Crippen LogP contribution in [0.3, 0.4) is 0 Å². The molecule has 2 aromatic rings. The average Bonchev–Trinajstić information content (AvgIpc) is 3.09. The van der Waals surface area contributed by atoms with Crippen LogP contribution in [0.1, 0.15) is 61.5 Å². The monoisotopic (exact) mass is 300 g/mol. The van der Waals surface area contributed by atoms with Crippen LogP contribution < -0.4 is 5.32 Å². The highest BCUT2D eigenvalue weighted by Crippen LogP contribution is 2.34. The molecular formula is C18H24N2S. The molecule has 1 N–H and O–H groups in total. The van der Waals surface area contributed by atoms with E-state index < -0.39 is 0 Å². The first kappa shape index (κ1) is 14.7. The van der Waals surface area contributed by atoms with Crippen LogP contribution in [0, 0.1) is 6.92 Å². The summed E-state index contributed by atoms with van der Waals surface area (Å²) in [7, 11) is 0. The zero-order valence-electron chi connectivity index (χ0n) is 13.3. The van der Waals surface area contributed by atoms with E-state index >= 15 is 0 Å². The molecule has 1 aliphatic carbocycles. The van der Waals surface area contributed by atoms with Gasteiger partial charge in [-0.3, -0.25) is 0 Å². The molecule has 0 aliphatic heterocycles. The number of aryl methyl sites for hydroxylation is 1. The second-order valence-corrected chi connectivity index (χ2v) is 7.94. The SMILES string of the molecule is Cc1ccccc1C(NC1CC1)c1nc(C(C)(C)C)cs1. The molecule has 2 nitrogen and oxygen atoms in total. The van der Waals surface area contributed by atoms with Crippen molar-refractivity contribution >= 4 is 11.3 Å². The van der Waals surface area contributed by atoms with Crippen LogP contribution in [0.25, 0.3) is 0 Å². The molecule has 1 heterocycles. The lowest BCUT2D eigenvalue weighted by atomic mass is 9.93. The number of benzene rings is 1. The molecule has 3 rings (SSSR count). The van der Waals surface area contributed by atoms with Crippen LogP contribution in [-0.2, 0) is 5.41 Å². The largest absolute Gasteiger partial charge is 0.301 e. The maximum absolute atomic E-state index is 4.94. The number of aromatic nitrogens is 1. The lowest BCUT2D eigenvalue weighted by Crippen LogP contribution is -2.25. The van der Waals surface area contributed by atoms with Crippen LogP contribution >= 0.6 is 11.3 Å². The maximum atomic E-state index is 4.94. The van der Waals surface area contributed by atoms with E-state index in [-0.39, 0.29) is 11.5 Å². The molecule has 0 saturated heterocycles. The van der Waals surface area contributed by atoms with Gasteiger partial charge in [0.2, 0.25) is 0 Å². The fraction of sp³-hybridized carbons (Fsp3) is 0.500. The third-order valence-electron chi connectivity index (χ3n) is 4.02. The summed E-state index contributed by atoms with van der Waals surface area (Å²) < 4.78 is 0. The lowest BCUT2D eigenvalue weighted by Gasteiger charge is -2.19. The Morgan fingerprint density at radius 1 is 1.24 bits per heavy atom. The molecule has 21 heavy (non-hydrogen) atoms. The Labute approximate surface area is 131 Å². The second-order valence-electron chi connectivity index (χ2n) is 7.05. The van der Waals surface area contributed by atoms with Gasteiger partial charge < -0.3 is 5.32 Å². The first-order valence-corrected chi connectivity index (χ1v) is 8.60. The Bertz CT molecular complexity index is 620. The highest BCUT2D eigenvalue weighted by atomic mass is 32.1. The van der Waals surface area contributed by atoms with E-state index in [4.69, 9.17) is 4.98 Å². The van der Waals surface area contributed by atoms with E-state index in [1.165, 1.54) is 34.7 Å². The van der Waals surface area contributed by atoms with E-state index in [0.717, 1.165) is 0 Å². The van der Waals surface area contributed by atoms with Gasteiger partial charge in [0.25, 0.3) is 0 Å². The van der Waals surface area contributed by atoms with Gasteiger partial charge in [0, 0.05) is 16.8 Å². The molecule has 1 unspecified atom stereocenters. The molecule has 112 valence electrons. The minimum atomic E-state index is 0.116. The lowest BCUT2D eigenvalue weighted by molar-refractivity contribution is 0.557. The van der Waals surface area contributed by atoms with Crippen LogP contribution in [0.4, 0.5) is 0 Å². The number of hydrogen-bond acceptors (Lipinski definition) is 3. The second kappa shape index (κ2) is 5.54. The van der Waals surface area contributed by atoms with Crippen molar-refractivity contribution in [1.29, 1.82) is 0 Å². The molecule has 1 fully saturated rings. The summed E-state index contributed by atoms with van der Waals surface area (Å²) in [5, 5.41) is 7.19. The Morgan fingerprint density at radius 2 is 1.95 bits per heavy atom. The van der Waals surface area contributed by atoms with Gasteiger partial charge in [0.1, 0.15) is 5.01 Å². The van der Waals surface area contributed by atoms with Crippen molar-refractivity contribution in [3.05, 3.63) is 51.5 Å². The van der Waals surface area contributed by atoms with Crippen molar-refractivity contribution in [3.63, 3.8) is 0 Å². The molecule has 1 atom stereocenters.